The van der Waals surface area contributed by atoms with Gasteiger partial charge in [0.1, 0.15) is 11.6 Å². The van der Waals surface area contributed by atoms with Crippen molar-refractivity contribution in [3.63, 3.8) is 0 Å². The summed E-state index contributed by atoms with van der Waals surface area (Å²) in [5.74, 6) is -1.37. The molecule has 33 heavy (non-hydrogen) atoms. The number of hydrogen-bond acceptors (Lipinski definition) is 3. The Labute approximate surface area is 194 Å². The molecule has 0 aromatic heterocycles. The molecule has 0 unspecified atom stereocenters. The smallest absolute Gasteiger partial charge is 0.416 e. The molecular weight excluding hydrogens is 462 g/mol. The van der Waals surface area contributed by atoms with Crippen molar-refractivity contribution in [3.8, 4) is 5.75 Å². The molecule has 1 saturated carbocycles. The minimum absolute atomic E-state index is 0.160. The van der Waals surface area contributed by atoms with Gasteiger partial charge in [0.2, 0.25) is 0 Å². The van der Waals surface area contributed by atoms with E-state index in [1.807, 2.05) is 4.90 Å². The SMILES string of the molecule is O=C(O)c1cc(C2CC2)c(OCC2CCN(Cc3cc(Cl)ccc3C(F)(F)F)CC2)cc1F. The van der Waals surface area contributed by atoms with Gasteiger partial charge in [-0.1, -0.05) is 11.6 Å². The molecular formula is C24H24ClF4NO3. The molecule has 4 nitrogen and oxygen atoms in total. The third kappa shape index (κ3) is 5.79. The topological polar surface area (TPSA) is 49.8 Å². The van der Waals surface area contributed by atoms with Crippen LogP contribution in [0.4, 0.5) is 17.6 Å². The van der Waals surface area contributed by atoms with Gasteiger partial charge < -0.3 is 9.84 Å². The van der Waals surface area contributed by atoms with E-state index in [2.05, 4.69) is 0 Å². The Hall–Kier alpha value is -2.32. The van der Waals surface area contributed by atoms with Crippen LogP contribution in [0, 0.1) is 11.7 Å². The molecule has 2 fully saturated rings. The van der Waals surface area contributed by atoms with E-state index in [1.54, 1.807) is 0 Å². The summed E-state index contributed by atoms with van der Waals surface area (Å²) >= 11 is 5.92. The Balaban J connectivity index is 1.35. The first-order valence-electron chi connectivity index (χ1n) is 10.9. The Kier molecular flexibility index (Phi) is 6.86. The molecule has 1 saturated heterocycles. The fourth-order valence-corrected chi connectivity index (χ4v) is 4.50. The monoisotopic (exact) mass is 485 g/mol. The van der Waals surface area contributed by atoms with Crippen molar-refractivity contribution < 1.29 is 32.2 Å². The van der Waals surface area contributed by atoms with Crippen LogP contribution in [0.25, 0.3) is 0 Å². The van der Waals surface area contributed by atoms with Gasteiger partial charge in [-0.15, -0.1) is 0 Å². The second kappa shape index (κ2) is 9.50. The molecule has 1 N–H and O–H groups in total. The van der Waals surface area contributed by atoms with Crippen LogP contribution in [0.15, 0.2) is 30.3 Å². The predicted molar refractivity (Wildman–Crippen MR) is 115 cm³/mol. The van der Waals surface area contributed by atoms with Crippen LogP contribution in [-0.4, -0.2) is 35.7 Å². The Bertz CT molecular complexity index is 1030. The zero-order valence-corrected chi connectivity index (χ0v) is 18.6. The van der Waals surface area contributed by atoms with Crippen LogP contribution < -0.4 is 4.74 Å². The van der Waals surface area contributed by atoms with Crippen molar-refractivity contribution in [1.29, 1.82) is 0 Å². The summed E-state index contributed by atoms with van der Waals surface area (Å²) in [5.41, 5.74) is -0.131. The van der Waals surface area contributed by atoms with Gasteiger partial charge >= 0.3 is 12.1 Å². The number of ether oxygens (including phenoxy) is 1. The maximum absolute atomic E-state index is 14.2. The number of aromatic carboxylic acids is 1. The number of rotatable bonds is 7. The van der Waals surface area contributed by atoms with Crippen molar-refractivity contribution in [2.24, 2.45) is 5.92 Å². The Morgan fingerprint density at radius 3 is 2.42 bits per heavy atom. The molecule has 0 spiro atoms. The zero-order chi connectivity index (χ0) is 23.8. The van der Waals surface area contributed by atoms with Gasteiger partial charge in [-0.3, -0.25) is 4.90 Å². The minimum Gasteiger partial charge on any atom is -0.493 e. The Morgan fingerprint density at radius 2 is 1.82 bits per heavy atom. The van der Waals surface area contributed by atoms with E-state index in [0.717, 1.165) is 43.4 Å². The molecule has 2 aromatic rings. The van der Waals surface area contributed by atoms with Gasteiger partial charge in [0, 0.05) is 17.6 Å². The van der Waals surface area contributed by atoms with E-state index in [1.165, 1.54) is 18.2 Å². The number of halogens is 5. The van der Waals surface area contributed by atoms with Gasteiger partial charge in [0.05, 0.1) is 17.7 Å². The molecule has 1 heterocycles. The number of alkyl halides is 3. The van der Waals surface area contributed by atoms with Gasteiger partial charge in [0.25, 0.3) is 0 Å². The van der Waals surface area contributed by atoms with E-state index in [9.17, 15) is 22.4 Å². The highest BCUT2D eigenvalue weighted by molar-refractivity contribution is 6.30. The highest BCUT2D eigenvalue weighted by atomic mass is 35.5. The van der Waals surface area contributed by atoms with Crippen LogP contribution in [0.5, 0.6) is 5.75 Å². The lowest BCUT2D eigenvalue weighted by atomic mass is 9.96. The quantitative estimate of drug-likeness (QED) is 0.463. The van der Waals surface area contributed by atoms with E-state index in [-0.39, 0.29) is 34.5 Å². The molecule has 2 aliphatic rings. The number of carboxylic acids is 1. The molecule has 0 bridgehead atoms. The molecule has 0 radical (unpaired) electrons. The summed E-state index contributed by atoms with van der Waals surface area (Å²) in [6.07, 6.45) is -1.13. The van der Waals surface area contributed by atoms with Gasteiger partial charge in [-0.25, -0.2) is 9.18 Å². The molecule has 9 heteroatoms. The zero-order valence-electron chi connectivity index (χ0n) is 17.8. The van der Waals surface area contributed by atoms with Crippen molar-refractivity contribution in [3.05, 3.63) is 63.4 Å². The third-order valence-electron chi connectivity index (χ3n) is 6.30. The number of likely N-dealkylation sites (tertiary alicyclic amines) is 1. The van der Waals surface area contributed by atoms with E-state index >= 15 is 0 Å². The van der Waals surface area contributed by atoms with E-state index < -0.39 is 23.5 Å². The second-order valence-corrected chi connectivity index (χ2v) is 9.22. The predicted octanol–water partition coefficient (Wildman–Crippen LogP) is 6.36. The largest absolute Gasteiger partial charge is 0.493 e. The van der Waals surface area contributed by atoms with Crippen molar-refractivity contribution in [1.82, 2.24) is 4.90 Å². The lowest BCUT2D eigenvalue weighted by Gasteiger charge is -2.32. The average Bonchev–Trinajstić information content (AvgIpc) is 3.57. The van der Waals surface area contributed by atoms with E-state index in [0.29, 0.717) is 25.4 Å². The summed E-state index contributed by atoms with van der Waals surface area (Å²) in [6, 6.07) is 6.17. The fourth-order valence-electron chi connectivity index (χ4n) is 4.30. The normalized spacial score (nSPS) is 17.8. The number of carboxylic acid groups (broad SMARTS) is 1. The number of carbonyl (C=O) groups is 1. The molecule has 2 aromatic carbocycles. The standard InChI is InChI=1S/C24H24ClF4NO3/c25-17-3-4-20(24(27,28)29)16(9-17)12-30-7-5-14(6-8-30)13-33-22-11-21(26)19(23(31)32)10-18(22)15-1-2-15/h3-4,9-11,14-15H,1-2,5-8,12-13H2,(H,31,32). The number of benzene rings is 2. The van der Waals surface area contributed by atoms with Gasteiger partial charge in [0.15, 0.2) is 0 Å². The highest BCUT2D eigenvalue weighted by Crippen LogP contribution is 2.45. The number of hydrogen-bond donors (Lipinski definition) is 1. The number of piperidine rings is 1. The first-order chi connectivity index (χ1) is 15.6. The van der Waals surface area contributed by atoms with Crippen LogP contribution in [0.2, 0.25) is 5.02 Å². The van der Waals surface area contributed by atoms with Crippen LogP contribution in [-0.2, 0) is 12.7 Å². The van der Waals surface area contributed by atoms with Crippen molar-refractivity contribution >= 4 is 17.6 Å². The summed E-state index contributed by atoms with van der Waals surface area (Å²) in [6.45, 7) is 1.74. The lowest BCUT2D eigenvalue weighted by Crippen LogP contribution is -2.35. The summed E-state index contributed by atoms with van der Waals surface area (Å²) in [5, 5.41) is 9.44. The first-order valence-corrected chi connectivity index (χ1v) is 11.3. The van der Waals surface area contributed by atoms with Crippen molar-refractivity contribution in [2.75, 3.05) is 19.7 Å². The van der Waals surface area contributed by atoms with Gasteiger partial charge in [-0.2, -0.15) is 13.2 Å². The highest BCUT2D eigenvalue weighted by Gasteiger charge is 2.34. The summed E-state index contributed by atoms with van der Waals surface area (Å²) < 4.78 is 60.0. The molecule has 4 rings (SSSR count). The lowest BCUT2D eigenvalue weighted by molar-refractivity contribution is -0.138. The van der Waals surface area contributed by atoms with E-state index in [4.69, 9.17) is 21.4 Å². The number of nitrogens with zero attached hydrogens (tertiary/aromatic N) is 1. The third-order valence-corrected chi connectivity index (χ3v) is 6.53. The first kappa shape index (κ1) is 23.8. The van der Waals surface area contributed by atoms with Crippen molar-refractivity contribution in [2.45, 2.75) is 44.3 Å². The van der Waals surface area contributed by atoms with Crippen LogP contribution in [0.1, 0.15) is 58.6 Å². The van der Waals surface area contributed by atoms with Crippen LogP contribution in [0.3, 0.4) is 0 Å². The average molecular weight is 486 g/mol. The Morgan fingerprint density at radius 1 is 1.12 bits per heavy atom. The molecule has 178 valence electrons. The maximum atomic E-state index is 14.2. The summed E-state index contributed by atoms with van der Waals surface area (Å²) in [4.78, 5) is 13.2. The minimum atomic E-state index is -4.43. The molecule has 0 amide bonds. The van der Waals surface area contributed by atoms with Crippen LogP contribution >= 0.6 is 11.6 Å². The van der Waals surface area contributed by atoms with Gasteiger partial charge in [-0.05, 0) is 86.0 Å². The fraction of sp³-hybridized carbons (Fsp3) is 0.458. The second-order valence-electron chi connectivity index (χ2n) is 8.78. The molecule has 1 aliphatic heterocycles. The maximum Gasteiger partial charge on any atom is 0.416 e. The summed E-state index contributed by atoms with van der Waals surface area (Å²) in [7, 11) is 0. The molecule has 1 aliphatic carbocycles. The molecule has 0 atom stereocenters.